The van der Waals surface area contributed by atoms with Gasteiger partial charge in [0.1, 0.15) is 17.9 Å². The molecule has 0 unspecified atom stereocenters. The van der Waals surface area contributed by atoms with Gasteiger partial charge in [-0.15, -0.1) is 11.8 Å². The van der Waals surface area contributed by atoms with Crippen molar-refractivity contribution in [3.63, 3.8) is 0 Å². The number of methoxy groups -OCH3 is 1. The van der Waals surface area contributed by atoms with E-state index in [1.54, 1.807) is 30.3 Å². The Morgan fingerprint density at radius 1 is 1.29 bits per heavy atom. The SMILES string of the molecule is COc1ccccc1C(=O)N[C@H](CCSCC#N)C(=O)OCC#N. The first-order valence-corrected chi connectivity index (χ1v) is 8.21. The van der Waals surface area contributed by atoms with Crippen molar-refractivity contribution in [1.82, 2.24) is 5.32 Å². The van der Waals surface area contributed by atoms with Crippen LogP contribution in [-0.4, -0.2) is 43.1 Å². The van der Waals surface area contributed by atoms with Crippen LogP contribution in [-0.2, 0) is 9.53 Å². The van der Waals surface area contributed by atoms with Crippen LogP contribution in [0, 0.1) is 22.7 Å². The van der Waals surface area contributed by atoms with Gasteiger partial charge in [-0.3, -0.25) is 4.79 Å². The fourth-order valence-corrected chi connectivity index (χ4v) is 2.48. The number of nitriles is 2. The molecular formula is C16H17N3O4S. The lowest BCUT2D eigenvalue weighted by Gasteiger charge is -2.17. The molecule has 1 amide bonds. The molecule has 1 aromatic carbocycles. The quantitative estimate of drug-likeness (QED) is 0.532. The number of nitrogens with zero attached hydrogens (tertiary/aromatic N) is 2. The number of nitrogens with one attached hydrogen (secondary N) is 1. The highest BCUT2D eigenvalue weighted by atomic mass is 32.2. The van der Waals surface area contributed by atoms with E-state index < -0.39 is 17.9 Å². The molecule has 0 fully saturated rings. The molecule has 0 aromatic heterocycles. The van der Waals surface area contributed by atoms with Crippen molar-refractivity contribution in [2.75, 3.05) is 25.2 Å². The second-order valence-corrected chi connectivity index (χ2v) is 5.60. The number of ether oxygens (including phenoxy) is 2. The summed E-state index contributed by atoms with van der Waals surface area (Å²) in [6.45, 7) is -0.384. The van der Waals surface area contributed by atoms with Crippen LogP contribution in [0.3, 0.4) is 0 Å². The number of esters is 1. The van der Waals surface area contributed by atoms with Crippen molar-refractivity contribution in [3.8, 4) is 17.9 Å². The lowest BCUT2D eigenvalue weighted by atomic mass is 10.1. The van der Waals surface area contributed by atoms with E-state index in [4.69, 9.17) is 20.0 Å². The Morgan fingerprint density at radius 2 is 2.04 bits per heavy atom. The average molecular weight is 347 g/mol. The number of carbonyl (C=O) groups excluding carboxylic acids is 2. The molecule has 0 heterocycles. The highest BCUT2D eigenvalue weighted by molar-refractivity contribution is 7.99. The Hall–Kier alpha value is -2.71. The predicted molar refractivity (Wildman–Crippen MR) is 88.4 cm³/mol. The Kier molecular flexibility index (Phi) is 8.80. The third-order valence-corrected chi connectivity index (χ3v) is 3.80. The van der Waals surface area contributed by atoms with Gasteiger partial charge >= 0.3 is 5.97 Å². The van der Waals surface area contributed by atoms with Gasteiger partial charge in [0.2, 0.25) is 0 Å². The van der Waals surface area contributed by atoms with Gasteiger partial charge in [-0.2, -0.15) is 10.5 Å². The molecule has 7 nitrogen and oxygen atoms in total. The summed E-state index contributed by atoms with van der Waals surface area (Å²) in [7, 11) is 1.45. The molecule has 0 aliphatic carbocycles. The summed E-state index contributed by atoms with van der Waals surface area (Å²) in [4.78, 5) is 24.4. The maximum absolute atomic E-state index is 12.4. The van der Waals surface area contributed by atoms with Crippen molar-refractivity contribution >= 4 is 23.6 Å². The molecule has 1 rings (SSSR count). The summed E-state index contributed by atoms with van der Waals surface area (Å²) in [5, 5.41) is 19.6. The highest BCUT2D eigenvalue weighted by Crippen LogP contribution is 2.17. The van der Waals surface area contributed by atoms with Crippen LogP contribution in [0.5, 0.6) is 5.75 Å². The summed E-state index contributed by atoms with van der Waals surface area (Å²) in [6, 6.07) is 9.43. The number of hydrogen-bond acceptors (Lipinski definition) is 7. The monoisotopic (exact) mass is 347 g/mol. The van der Waals surface area contributed by atoms with Crippen LogP contribution < -0.4 is 10.1 Å². The van der Waals surface area contributed by atoms with Crippen molar-refractivity contribution in [3.05, 3.63) is 29.8 Å². The van der Waals surface area contributed by atoms with Crippen molar-refractivity contribution in [2.24, 2.45) is 0 Å². The molecule has 0 radical (unpaired) electrons. The summed E-state index contributed by atoms with van der Waals surface area (Å²) in [5.41, 5.74) is 0.294. The zero-order chi connectivity index (χ0) is 17.8. The maximum Gasteiger partial charge on any atom is 0.329 e. The van der Waals surface area contributed by atoms with Crippen LogP contribution in [0.2, 0.25) is 0 Å². The van der Waals surface area contributed by atoms with Gasteiger partial charge in [0.15, 0.2) is 6.61 Å². The minimum absolute atomic E-state index is 0.289. The van der Waals surface area contributed by atoms with Gasteiger partial charge in [-0.05, 0) is 24.3 Å². The van der Waals surface area contributed by atoms with Crippen molar-refractivity contribution < 1.29 is 19.1 Å². The van der Waals surface area contributed by atoms with Gasteiger partial charge in [-0.25, -0.2) is 4.79 Å². The smallest absolute Gasteiger partial charge is 0.329 e. The standard InChI is InChI=1S/C16H17N3O4S/c1-22-14-5-3-2-4-12(14)15(20)19-13(6-10-24-11-8-18)16(21)23-9-7-17/h2-5,13H,6,9-11H2,1H3,(H,19,20)/t13-/m1/s1. The fourth-order valence-electron chi connectivity index (χ4n) is 1.84. The van der Waals surface area contributed by atoms with E-state index >= 15 is 0 Å². The molecule has 1 N–H and O–H groups in total. The van der Waals surface area contributed by atoms with E-state index in [0.29, 0.717) is 22.8 Å². The van der Waals surface area contributed by atoms with Crippen LogP contribution in [0.4, 0.5) is 0 Å². The topological polar surface area (TPSA) is 112 Å². The molecule has 0 saturated carbocycles. The third kappa shape index (κ3) is 6.19. The number of benzene rings is 1. The van der Waals surface area contributed by atoms with Crippen molar-refractivity contribution in [2.45, 2.75) is 12.5 Å². The minimum Gasteiger partial charge on any atom is -0.496 e. The predicted octanol–water partition coefficient (Wildman–Crippen LogP) is 1.51. The fraction of sp³-hybridized carbons (Fsp3) is 0.375. The lowest BCUT2D eigenvalue weighted by Crippen LogP contribution is -2.42. The molecule has 1 aromatic rings. The number of hydrogen-bond donors (Lipinski definition) is 1. The molecule has 126 valence electrons. The van der Waals surface area contributed by atoms with Crippen LogP contribution in [0.1, 0.15) is 16.8 Å². The zero-order valence-corrected chi connectivity index (χ0v) is 14.0. The Bertz CT molecular complexity index is 651. The molecule has 0 spiro atoms. The van der Waals surface area contributed by atoms with E-state index in [0.717, 1.165) is 0 Å². The first-order chi connectivity index (χ1) is 11.6. The first-order valence-electron chi connectivity index (χ1n) is 7.06. The second kappa shape index (κ2) is 10.9. The summed E-state index contributed by atoms with van der Waals surface area (Å²) < 4.78 is 9.91. The summed E-state index contributed by atoms with van der Waals surface area (Å²) in [6.07, 6.45) is 0.289. The minimum atomic E-state index is -0.901. The van der Waals surface area contributed by atoms with Crippen molar-refractivity contribution in [1.29, 1.82) is 10.5 Å². The third-order valence-electron chi connectivity index (χ3n) is 2.94. The molecule has 0 aliphatic rings. The molecule has 8 heteroatoms. The van der Waals surface area contributed by atoms with Crippen LogP contribution in [0.15, 0.2) is 24.3 Å². The number of rotatable bonds is 9. The molecule has 0 bridgehead atoms. The van der Waals surface area contributed by atoms with E-state index in [1.165, 1.54) is 18.9 Å². The molecule has 0 aliphatic heterocycles. The number of thioether (sulfide) groups is 1. The normalized spacial score (nSPS) is 10.8. The maximum atomic E-state index is 12.4. The van der Waals surface area contributed by atoms with Crippen LogP contribution >= 0.6 is 11.8 Å². The summed E-state index contributed by atoms with van der Waals surface area (Å²) >= 11 is 1.34. The number of carbonyl (C=O) groups is 2. The van der Waals surface area contributed by atoms with Crippen LogP contribution in [0.25, 0.3) is 0 Å². The largest absolute Gasteiger partial charge is 0.496 e. The second-order valence-electron chi connectivity index (χ2n) is 4.49. The van der Waals surface area contributed by atoms with Gasteiger partial charge in [0.05, 0.1) is 24.5 Å². The van der Waals surface area contributed by atoms with E-state index in [2.05, 4.69) is 5.32 Å². The molecule has 0 saturated heterocycles. The molecule has 1 atom stereocenters. The number of para-hydroxylation sites is 1. The average Bonchev–Trinajstić information content (AvgIpc) is 2.61. The zero-order valence-electron chi connectivity index (χ0n) is 13.2. The summed E-state index contributed by atoms with van der Waals surface area (Å²) in [5.74, 6) is 0.0129. The van der Waals surface area contributed by atoms with Gasteiger partial charge in [0, 0.05) is 0 Å². The molecule has 24 heavy (non-hydrogen) atoms. The Balaban J connectivity index is 2.78. The van der Waals surface area contributed by atoms with Gasteiger partial charge in [-0.1, -0.05) is 12.1 Å². The van der Waals surface area contributed by atoms with E-state index in [-0.39, 0.29) is 13.0 Å². The Morgan fingerprint density at radius 3 is 2.71 bits per heavy atom. The van der Waals surface area contributed by atoms with E-state index in [1.807, 2.05) is 6.07 Å². The lowest BCUT2D eigenvalue weighted by molar-refractivity contribution is -0.144. The molecular weight excluding hydrogens is 330 g/mol. The Labute approximate surface area is 144 Å². The highest BCUT2D eigenvalue weighted by Gasteiger charge is 2.24. The number of amides is 1. The first kappa shape index (κ1) is 19.3. The van der Waals surface area contributed by atoms with E-state index in [9.17, 15) is 9.59 Å². The van der Waals surface area contributed by atoms with Gasteiger partial charge in [0.25, 0.3) is 5.91 Å². The van der Waals surface area contributed by atoms with Gasteiger partial charge < -0.3 is 14.8 Å².